The maximum atomic E-state index is 12.9. The predicted molar refractivity (Wildman–Crippen MR) is 103 cm³/mol. The first-order valence-corrected chi connectivity index (χ1v) is 10.2. The van der Waals surface area contributed by atoms with Crippen LogP contribution in [0.15, 0.2) is 24.3 Å². The summed E-state index contributed by atoms with van der Waals surface area (Å²) < 4.78 is 25.6. The quantitative estimate of drug-likeness (QED) is 0.724. The van der Waals surface area contributed by atoms with Gasteiger partial charge in [-0.05, 0) is 56.5 Å². The third-order valence-corrected chi connectivity index (χ3v) is 6.59. The van der Waals surface area contributed by atoms with Crippen LogP contribution in [-0.2, 0) is 14.8 Å². The Morgan fingerprint density at radius 2 is 1.92 bits per heavy atom. The Hall–Kier alpha value is -1.31. The second-order valence-corrected chi connectivity index (χ2v) is 8.78. The first-order chi connectivity index (χ1) is 11.5. The molecular formula is C17H26ClN3O3S. The SMILES string of the molecule is CCS(=O)(=O)Nc1ccc(NC(=O)[C@@]23CCCC[C@H]2CNC3)cc1.Cl. The van der Waals surface area contributed by atoms with Crippen molar-refractivity contribution in [1.29, 1.82) is 0 Å². The average molecular weight is 388 g/mol. The summed E-state index contributed by atoms with van der Waals surface area (Å²) in [6.07, 6.45) is 4.35. The number of fused-ring (bicyclic) bond motifs is 1. The van der Waals surface area contributed by atoms with Crippen molar-refractivity contribution in [3.63, 3.8) is 0 Å². The number of halogens is 1. The zero-order chi connectivity index (χ0) is 17.2. The van der Waals surface area contributed by atoms with Gasteiger partial charge in [-0.1, -0.05) is 12.8 Å². The molecule has 1 aromatic carbocycles. The molecule has 0 radical (unpaired) electrons. The lowest BCUT2D eigenvalue weighted by Crippen LogP contribution is -2.44. The smallest absolute Gasteiger partial charge is 0.232 e. The minimum atomic E-state index is -3.28. The topological polar surface area (TPSA) is 87.3 Å². The molecular weight excluding hydrogens is 362 g/mol. The standard InChI is InChI=1S/C17H25N3O3S.ClH/c1-2-24(22,23)20-15-8-6-14(7-9-15)19-16(21)17-10-4-3-5-13(17)11-18-12-17;/h6-9,13,18,20H,2-5,10-12H2,1H3,(H,19,21);1H/t13-,17+;/m0./s1. The molecule has 0 aromatic heterocycles. The molecule has 3 rings (SSSR count). The van der Waals surface area contributed by atoms with Gasteiger partial charge in [-0.15, -0.1) is 12.4 Å². The van der Waals surface area contributed by atoms with E-state index in [9.17, 15) is 13.2 Å². The Labute approximate surface area is 155 Å². The van der Waals surface area contributed by atoms with Crippen molar-refractivity contribution in [3.05, 3.63) is 24.3 Å². The van der Waals surface area contributed by atoms with E-state index in [0.717, 1.165) is 32.4 Å². The number of hydrogen-bond donors (Lipinski definition) is 3. The Morgan fingerprint density at radius 1 is 1.24 bits per heavy atom. The van der Waals surface area contributed by atoms with Crippen LogP contribution in [0.25, 0.3) is 0 Å². The van der Waals surface area contributed by atoms with Gasteiger partial charge in [-0.3, -0.25) is 9.52 Å². The molecule has 2 fully saturated rings. The first-order valence-electron chi connectivity index (χ1n) is 8.58. The van der Waals surface area contributed by atoms with Gasteiger partial charge in [-0.2, -0.15) is 0 Å². The van der Waals surface area contributed by atoms with Crippen molar-refractivity contribution in [2.75, 3.05) is 28.9 Å². The molecule has 1 aliphatic carbocycles. The van der Waals surface area contributed by atoms with Crippen LogP contribution in [0.5, 0.6) is 0 Å². The number of hydrogen-bond acceptors (Lipinski definition) is 4. The van der Waals surface area contributed by atoms with Crippen molar-refractivity contribution >= 4 is 39.7 Å². The number of nitrogens with one attached hydrogen (secondary N) is 3. The summed E-state index contributed by atoms with van der Waals surface area (Å²) in [6.45, 7) is 3.26. The van der Waals surface area contributed by atoms with Crippen molar-refractivity contribution in [1.82, 2.24) is 5.32 Å². The summed E-state index contributed by atoms with van der Waals surface area (Å²) >= 11 is 0. The van der Waals surface area contributed by atoms with E-state index in [1.54, 1.807) is 31.2 Å². The highest BCUT2D eigenvalue weighted by Gasteiger charge is 2.49. The van der Waals surface area contributed by atoms with Gasteiger partial charge in [0.2, 0.25) is 15.9 Å². The highest BCUT2D eigenvalue weighted by Crippen LogP contribution is 2.44. The molecule has 2 atom stereocenters. The van der Waals surface area contributed by atoms with E-state index < -0.39 is 10.0 Å². The fourth-order valence-electron chi connectivity index (χ4n) is 3.82. The molecule has 0 spiro atoms. The molecule has 140 valence electrons. The van der Waals surface area contributed by atoms with Crippen LogP contribution < -0.4 is 15.4 Å². The summed E-state index contributed by atoms with van der Waals surface area (Å²) in [7, 11) is -3.28. The van der Waals surface area contributed by atoms with E-state index in [1.807, 2.05) is 0 Å². The highest BCUT2D eigenvalue weighted by atomic mass is 35.5. The molecule has 1 aromatic rings. The van der Waals surface area contributed by atoms with Crippen molar-refractivity contribution in [3.8, 4) is 0 Å². The number of rotatable bonds is 5. The zero-order valence-electron chi connectivity index (χ0n) is 14.4. The maximum absolute atomic E-state index is 12.9. The third kappa shape index (κ3) is 4.27. The molecule has 6 nitrogen and oxygen atoms in total. The fourth-order valence-corrected chi connectivity index (χ4v) is 4.46. The molecule has 8 heteroatoms. The van der Waals surface area contributed by atoms with E-state index in [0.29, 0.717) is 17.3 Å². The van der Waals surface area contributed by atoms with Gasteiger partial charge in [0.1, 0.15) is 0 Å². The lowest BCUT2D eigenvalue weighted by atomic mass is 9.67. The van der Waals surface area contributed by atoms with Crippen molar-refractivity contribution < 1.29 is 13.2 Å². The second-order valence-electron chi connectivity index (χ2n) is 6.77. The van der Waals surface area contributed by atoms with E-state index in [2.05, 4.69) is 15.4 Å². The van der Waals surface area contributed by atoms with Gasteiger partial charge in [0.05, 0.1) is 11.2 Å². The summed E-state index contributed by atoms with van der Waals surface area (Å²) in [4.78, 5) is 12.9. The van der Waals surface area contributed by atoms with Gasteiger partial charge >= 0.3 is 0 Å². The molecule has 1 heterocycles. The first kappa shape index (κ1) is 20.0. The number of carbonyl (C=O) groups is 1. The number of sulfonamides is 1. The molecule has 3 N–H and O–H groups in total. The molecule has 1 saturated carbocycles. The Morgan fingerprint density at radius 3 is 2.60 bits per heavy atom. The number of benzene rings is 1. The van der Waals surface area contributed by atoms with Gasteiger partial charge in [0.15, 0.2) is 0 Å². The zero-order valence-corrected chi connectivity index (χ0v) is 16.0. The van der Waals surface area contributed by atoms with Crippen LogP contribution in [0, 0.1) is 11.3 Å². The molecule has 1 amide bonds. The van der Waals surface area contributed by atoms with Gasteiger partial charge in [-0.25, -0.2) is 8.42 Å². The minimum absolute atomic E-state index is 0. The average Bonchev–Trinajstić information content (AvgIpc) is 3.02. The molecule has 25 heavy (non-hydrogen) atoms. The summed E-state index contributed by atoms with van der Waals surface area (Å²) in [6, 6.07) is 6.82. The number of anilines is 2. The number of amides is 1. The summed E-state index contributed by atoms with van der Waals surface area (Å²) in [5.74, 6) is 0.531. The second kappa shape index (κ2) is 7.93. The van der Waals surface area contributed by atoms with Crippen LogP contribution >= 0.6 is 12.4 Å². The Bertz CT molecular complexity index is 708. The predicted octanol–water partition coefficient (Wildman–Crippen LogP) is 2.59. The summed E-state index contributed by atoms with van der Waals surface area (Å²) in [5.41, 5.74) is 0.914. The molecule has 1 saturated heterocycles. The monoisotopic (exact) mass is 387 g/mol. The van der Waals surface area contributed by atoms with Crippen LogP contribution in [0.4, 0.5) is 11.4 Å². The van der Waals surface area contributed by atoms with Crippen LogP contribution in [0.1, 0.15) is 32.6 Å². The van der Waals surface area contributed by atoms with Crippen LogP contribution in [0.2, 0.25) is 0 Å². The van der Waals surface area contributed by atoms with Gasteiger partial charge < -0.3 is 10.6 Å². The third-order valence-electron chi connectivity index (χ3n) is 5.29. The normalized spacial score (nSPS) is 25.6. The largest absolute Gasteiger partial charge is 0.326 e. The van der Waals surface area contributed by atoms with E-state index in [1.165, 1.54) is 6.42 Å². The van der Waals surface area contributed by atoms with Crippen molar-refractivity contribution in [2.45, 2.75) is 32.6 Å². The fraction of sp³-hybridized carbons (Fsp3) is 0.588. The summed E-state index contributed by atoms with van der Waals surface area (Å²) in [5, 5.41) is 6.40. The molecule has 1 aliphatic heterocycles. The van der Waals surface area contributed by atoms with Crippen LogP contribution in [-0.4, -0.2) is 33.2 Å². The van der Waals surface area contributed by atoms with Gasteiger partial charge in [0.25, 0.3) is 0 Å². The molecule has 0 unspecified atom stereocenters. The highest BCUT2D eigenvalue weighted by molar-refractivity contribution is 7.92. The van der Waals surface area contributed by atoms with E-state index in [-0.39, 0.29) is 29.5 Å². The molecule has 2 aliphatic rings. The van der Waals surface area contributed by atoms with Crippen molar-refractivity contribution in [2.24, 2.45) is 11.3 Å². The minimum Gasteiger partial charge on any atom is -0.326 e. The lowest BCUT2D eigenvalue weighted by Gasteiger charge is -2.37. The maximum Gasteiger partial charge on any atom is 0.232 e. The lowest BCUT2D eigenvalue weighted by molar-refractivity contribution is -0.128. The van der Waals surface area contributed by atoms with Gasteiger partial charge in [0, 0.05) is 17.9 Å². The van der Waals surface area contributed by atoms with E-state index >= 15 is 0 Å². The Kier molecular flexibility index (Phi) is 6.35. The Balaban J connectivity index is 0.00000225. The number of carbonyl (C=O) groups excluding carboxylic acids is 1. The van der Waals surface area contributed by atoms with Crippen LogP contribution in [0.3, 0.4) is 0 Å². The molecule has 0 bridgehead atoms. The van der Waals surface area contributed by atoms with E-state index in [4.69, 9.17) is 0 Å².